The van der Waals surface area contributed by atoms with E-state index in [4.69, 9.17) is 11.6 Å². The van der Waals surface area contributed by atoms with Gasteiger partial charge in [-0.3, -0.25) is 23.9 Å². The molecule has 1 aromatic carbocycles. The molecule has 8 heteroatoms. The fourth-order valence-electron chi connectivity index (χ4n) is 5.47. The number of hydrogen-bond acceptors (Lipinski definition) is 4. The molecule has 1 fully saturated rings. The minimum Gasteiger partial charge on any atom is -0.349 e. The number of imidazole rings is 1. The van der Waals surface area contributed by atoms with Crippen LogP contribution >= 0.6 is 11.6 Å². The Balaban J connectivity index is 1.30. The van der Waals surface area contributed by atoms with Crippen molar-refractivity contribution in [3.05, 3.63) is 87.3 Å². The van der Waals surface area contributed by atoms with E-state index < -0.39 is 0 Å². The molecule has 0 unspecified atom stereocenters. The number of nitrogens with one attached hydrogen (secondary N) is 1. The first-order chi connectivity index (χ1) is 18.3. The summed E-state index contributed by atoms with van der Waals surface area (Å²) >= 11 is 6.04. The van der Waals surface area contributed by atoms with Crippen molar-refractivity contribution in [2.45, 2.75) is 65.5 Å². The second kappa shape index (κ2) is 11.1. The summed E-state index contributed by atoms with van der Waals surface area (Å²) in [6.07, 6.45) is 7.90. The van der Waals surface area contributed by atoms with Crippen LogP contribution in [0.15, 0.2) is 59.7 Å². The molecule has 1 saturated carbocycles. The molecule has 3 aromatic heterocycles. The molecule has 0 aliphatic heterocycles. The van der Waals surface area contributed by atoms with Crippen LogP contribution < -0.4 is 11.0 Å². The fourth-order valence-corrected chi connectivity index (χ4v) is 5.63. The Kier molecular flexibility index (Phi) is 7.65. The van der Waals surface area contributed by atoms with Crippen LogP contribution in [0.4, 0.5) is 0 Å². The lowest BCUT2D eigenvalue weighted by Gasteiger charge is -2.29. The number of carbonyl (C=O) groups is 1. The van der Waals surface area contributed by atoms with E-state index in [9.17, 15) is 9.59 Å². The summed E-state index contributed by atoms with van der Waals surface area (Å²) in [7, 11) is 0. The Morgan fingerprint density at radius 3 is 2.47 bits per heavy atom. The van der Waals surface area contributed by atoms with Gasteiger partial charge in [0.2, 0.25) is 0 Å². The highest BCUT2D eigenvalue weighted by Crippen LogP contribution is 2.28. The molecule has 7 nitrogen and oxygen atoms in total. The highest BCUT2D eigenvalue weighted by molar-refractivity contribution is 6.30. The molecule has 1 aliphatic rings. The standard InChI is InChI=1S/C30H34ClN5O2/c1-19(2)14-24-12-13-25(17-33-24)36-28-7-5-4-6-27(28)35(30(36)38)18-21-8-10-23(11-9-21)34-29(37)26-15-22(31)16-32-20(26)3/h4-7,12-13,15-17,19,21,23H,8-11,14,18H2,1-3H3,(H,34,37). The van der Waals surface area contributed by atoms with Gasteiger partial charge in [-0.1, -0.05) is 37.6 Å². The van der Waals surface area contributed by atoms with Crippen molar-refractivity contribution in [3.8, 4) is 5.69 Å². The van der Waals surface area contributed by atoms with E-state index in [1.54, 1.807) is 23.0 Å². The second-order valence-electron chi connectivity index (χ2n) is 10.8. The van der Waals surface area contributed by atoms with Gasteiger partial charge in [-0.15, -0.1) is 0 Å². The zero-order valence-corrected chi connectivity index (χ0v) is 22.9. The molecule has 198 valence electrons. The zero-order valence-electron chi connectivity index (χ0n) is 22.2. The molecule has 0 radical (unpaired) electrons. The Morgan fingerprint density at radius 2 is 1.79 bits per heavy atom. The summed E-state index contributed by atoms with van der Waals surface area (Å²) in [6.45, 7) is 6.81. The third kappa shape index (κ3) is 5.53. The largest absolute Gasteiger partial charge is 0.349 e. The third-order valence-corrected chi connectivity index (χ3v) is 7.65. The number of fused-ring (bicyclic) bond motifs is 1. The maximum absolute atomic E-state index is 13.7. The van der Waals surface area contributed by atoms with Gasteiger partial charge in [-0.2, -0.15) is 0 Å². The number of pyridine rings is 2. The number of para-hydroxylation sites is 2. The number of benzene rings is 1. The van der Waals surface area contributed by atoms with Gasteiger partial charge in [0.1, 0.15) is 0 Å². The maximum Gasteiger partial charge on any atom is 0.333 e. The summed E-state index contributed by atoms with van der Waals surface area (Å²) in [6, 6.07) is 13.7. The van der Waals surface area contributed by atoms with Crippen molar-refractivity contribution in [1.29, 1.82) is 0 Å². The molecule has 0 spiro atoms. The summed E-state index contributed by atoms with van der Waals surface area (Å²) in [5.41, 5.74) is 4.79. The Hall–Kier alpha value is -3.45. The van der Waals surface area contributed by atoms with Gasteiger partial charge in [0.25, 0.3) is 5.91 Å². The number of aromatic nitrogens is 4. The van der Waals surface area contributed by atoms with Gasteiger partial charge in [-0.05, 0) is 81.2 Å². The van der Waals surface area contributed by atoms with Crippen LogP contribution in [0.25, 0.3) is 16.7 Å². The first-order valence-electron chi connectivity index (χ1n) is 13.4. The summed E-state index contributed by atoms with van der Waals surface area (Å²) in [5, 5.41) is 3.61. The van der Waals surface area contributed by atoms with E-state index in [0.717, 1.165) is 54.5 Å². The van der Waals surface area contributed by atoms with E-state index in [1.807, 2.05) is 47.9 Å². The molecule has 1 amide bonds. The van der Waals surface area contributed by atoms with Crippen LogP contribution in [0.1, 0.15) is 61.3 Å². The fraction of sp³-hybridized carbons (Fsp3) is 0.400. The number of halogens is 1. The van der Waals surface area contributed by atoms with E-state index in [-0.39, 0.29) is 17.6 Å². The van der Waals surface area contributed by atoms with Crippen LogP contribution in [-0.2, 0) is 13.0 Å². The predicted octanol–water partition coefficient (Wildman–Crippen LogP) is 5.73. The van der Waals surface area contributed by atoms with Crippen LogP contribution in [0, 0.1) is 18.8 Å². The van der Waals surface area contributed by atoms with Crippen molar-refractivity contribution in [3.63, 3.8) is 0 Å². The molecule has 0 atom stereocenters. The first-order valence-corrected chi connectivity index (χ1v) is 13.8. The third-order valence-electron chi connectivity index (χ3n) is 7.44. The molecule has 1 N–H and O–H groups in total. The molecule has 5 rings (SSSR count). The smallest absolute Gasteiger partial charge is 0.333 e. The van der Waals surface area contributed by atoms with Crippen molar-refractivity contribution >= 4 is 28.5 Å². The van der Waals surface area contributed by atoms with E-state index >= 15 is 0 Å². The molecule has 3 heterocycles. The summed E-state index contributed by atoms with van der Waals surface area (Å²) < 4.78 is 3.68. The van der Waals surface area contributed by atoms with Gasteiger partial charge in [0.15, 0.2) is 0 Å². The molecular formula is C30H34ClN5O2. The highest BCUT2D eigenvalue weighted by atomic mass is 35.5. The maximum atomic E-state index is 13.7. The molecule has 38 heavy (non-hydrogen) atoms. The lowest BCUT2D eigenvalue weighted by Crippen LogP contribution is -2.39. The van der Waals surface area contributed by atoms with Crippen molar-refractivity contribution in [2.24, 2.45) is 11.8 Å². The lowest BCUT2D eigenvalue weighted by molar-refractivity contribution is 0.0919. The minimum atomic E-state index is -0.131. The molecule has 1 aliphatic carbocycles. The number of carbonyl (C=O) groups excluding carboxylic acids is 1. The highest BCUT2D eigenvalue weighted by Gasteiger charge is 2.25. The number of amides is 1. The normalized spacial score (nSPS) is 17.7. The number of aryl methyl sites for hydroxylation is 1. The predicted molar refractivity (Wildman–Crippen MR) is 151 cm³/mol. The molecule has 4 aromatic rings. The SMILES string of the molecule is Cc1ncc(Cl)cc1C(=O)NC1CCC(Cn2c(=O)n(-c3ccc(CC(C)C)nc3)c3ccccc32)CC1. The summed E-state index contributed by atoms with van der Waals surface area (Å²) in [4.78, 5) is 35.3. The van der Waals surface area contributed by atoms with Crippen molar-refractivity contribution in [2.75, 3.05) is 0 Å². The van der Waals surface area contributed by atoms with Crippen LogP contribution in [0.3, 0.4) is 0 Å². The number of nitrogens with zero attached hydrogens (tertiary/aromatic N) is 4. The Bertz CT molecular complexity index is 1500. The van der Waals surface area contributed by atoms with Crippen LogP contribution in [0.2, 0.25) is 5.02 Å². The monoisotopic (exact) mass is 531 g/mol. The Morgan fingerprint density at radius 1 is 1.05 bits per heavy atom. The summed E-state index contributed by atoms with van der Waals surface area (Å²) in [5.74, 6) is 0.758. The van der Waals surface area contributed by atoms with Gasteiger partial charge in [0.05, 0.1) is 39.2 Å². The van der Waals surface area contributed by atoms with Crippen molar-refractivity contribution < 1.29 is 4.79 Å². The average molecular weight is 532 g/mol. The second-order valence-corrected chi connectivity index (χ2v) is 11.2. The minimum absolute atomic E-state index is 0.0380. The molecule has 0 bridgehead atoms. The van der Waals surface area contributed by atoms with Gasteiger partial charge in [-0.25, -0.2) is 4.79 Å². The van der Waals surface area contributed by atoms with Crippen LogP contribution in [0.5, 0.6) is 0 Å². The van der Waals surface area contributed by atoms with E-state index in [0.29, 0.717) is 34.7 Å². The lowest BCUT2D eigenvalue weighted by atomic mass is 9.85. The first kappa shape index (κ1) is 26.2. The van der Waals surface area contributed by atoms with Gasteiger partial charge in [0, 0.05) is 24.5 Å². The molecule has 0 saturated heterocycles. The van der Waals surface area contributed by atoms with Crippen molar-refractivity contribution in [1.82, 2.24) is 24.4 Å². The quantitative estimate of drug-likeness (QED) is 0.330. The number of rotatable bonds is 7. The van der Waals surface area contributed by atoms with Crippen LogP contribution in [-0.4, -0.2) is 31.1 Å². The number of hydrogen-bond donors (Lipinski definition) is 1. The van der Waals surface area contributed by atoms with E-state index in [1.165, 1.54) is 0 Å². The van der Waals surface area contributed by atoms with Gasteiger partial charge < -0.3 is 5.32 Å². The Labute approximate surface area is 227 Å². The topological polar surface area (TPSA) is 81.8 Å². The molecular weight excluding hydrogens is 498 g/mol. The average Bonchev–Trinajstić information content (AvgIpc) is 3.17. The van der Waals surface area contributed by atoms with Gasteiger partial charge >= 0.3 is 5.69 Å². The zero-order chi connectivity index (χ0) is 26.8. The van der Waals surface area contributed by atoms with E-state index in [2.05, 4.69) is 29.1 Å².